The molecule has 0 spiro atoms. The molecule has 2 aromatic carbocycles. The topological polar surface area (TPSA) is 105 Å². The van der Waals surface area contributed by atoms with Crippen LogP contribution in [-0.4, -0.2) is 32.8 Å². The first kappa shape index (κ1) is 19.7. The number of hydrogen-bond acceptors (Lipinski definition) is 8. The van der Waals surface area contributed by atoms with E-state index in [2.05, 4.69) is 10.1 Å². The average molecular weight is 426 g/mol. The number of hydrogen-bond donors (Lipinski definition) is 0. The maximum atomic E-state index is 12.5. The first-order valence-corrected chi connectivity index (χ1v) is 10.6. The van der Waals surface area contributed by atoms with Crippen LogP contribution < -0.4 is 9.47 Å². The van der Waals surface area contributed by atoms with E-state index < -0.39 is 9.84 Å². The van der Waals surface area contributed by atoms with Gasteiger partial charge in [-0.05, 0) is 42.5 Å². The standard InChI is InChI=1S/C21H18N2O6S/c1-26-17-10-8-14(12-19(17)27-2)20-22-21(29-23-20)18-11-9-15(28-18)13-30(24,25)16-6-4-3-5-7-16/h3-12H,13H2,1-2H3. The second-order valence-corrected chi connectivity index (χ2v) is 8.32. The summed E-state index contributed by atoms with van der Waals surface area (Å²) in [4.78, 5) is 4.57. The predicted octanol–water partition coefficient (Wildman–Crippen LogP) is 3.99. The minimum Gasteiger partial charge on any atom is -0.493 e. The number of rotatable bonds is 7. The molecule has 0 atom stereocenters. The Morgan fingerprint density at radius 1 is 0.933 bits per heavy atom. The quantitative estimate of drug-likeness (QED) is 0.437. The smallest absolute Gasteiger partial charge is 0.293 e. The second-order valence-electron chi connectivity index (χ2n) is 6.33. The van der Waals surface area contributed by atoms with Crippen LogP contribution in [0.5, 0.6) is 11.5 Å². The van der Waals surface area contributed by atoms with Crippen molar-refractivity contribution >= 4 is 9.84 Å². The minimum absolute atomic E-state index is 0.142. The van der Waals surface area contributed by atoms with Crippen LogP contribution in [0.4, 0.5) is 0 Å². The van der Waals surface area contributed by atoms with Gasteiger partial charge in [-0.1, -0.05) is 23.4 Å². The molecule has 0 aliphatic rings. The summed E-state index contributed by atoms with van der Waals surface area (Å²) in [7, 11) is -0.430. The third-order valence-electron chi connectivity index (χ3n) is 4.37. The molecule has 2 aromatic heterocycles. The van der Waals surface area contributed by atoms with Gasteiger partial charge in [0, 0.05) is 5.56 Å². The van der Waals surface area contributed by atoms with Crippen molar-refractivity contribution in [1.82, 2.24) is 10.1 Å². The largest absolute Gasteiger partial charge is 0.493 e. The number of aromatic nitrogens is 2. The molecule has 0 amide bonds. The van der Waals surface area contributed by atoms with Gasteiger partial charge in [-0.2, -0.15) is 4.98 Å². The summed E-state index contributed by atoms with van der Waals surface area (Å²) < 4.78 is 46.5. The van der Waals surface area contributed by atoms with Crippen LogP contribution >= 0.6 is 0 Å². The summed E-state index contributed by atoms with van der Waals surface area (Å²) in [5, 5.41) is 3.96. The zero-order chi connectivity index (χ0) is 21.1. The Labute approximate surface area is 173 Å². The van der Waals surface area contributed by atoms with Gasteiger partial charge in [-0.3, -0.25) is 0 Å². The van der Waals surface area contributed by atoms with Crippen molar-refractivity contribution in [3.63, 3.8) is 0 Å². The van der Waals surface area contributed by atoms with E-state index in [9.17, 15) is 8.42 Å². The lowest BCUT2D eigenvalue weighted by atomic mass is 10.2. The lowest BCUT2D eigenvalue weighted by Crippen LogP contribution is -2.03. The molecule has 0 aliphatic carbocycles. The predicted molar refractivity (Wildman–Crippen MR) is 108 cm³/mol. The zero-order valence-corrected chi connectivity index (χ0v) is 17.0. The highest BCUT2D eigenvalue weighted by molar-refractivity contribution is 7.90. The number of methoxy groups -OCH3 is 2. The van der Waals surface area contributed by atoms with E-state index in [-0.39, 0.29) is 28.1 Å². The van der Waals surface area contributed by atoms with Crippen LogP contribution in [0.2, 0.25) is 0 Å². The highest BCUT2D eigenvalue weighted by Gasteiger charge is 2.20. The van der Waals surface area contributed by atoms with Crippen molar-refractivity contribution in [2.75, 3.05) is 14.2 Å². The summed E-state index contributed by atoms with van der Waals surface area (Å²) in [5.74, 6) is 1.89. The Hall–Kier alpha value is -3.59. The molecule has 0 bridgehead atoms. The summed E-state index contributed by atoms with van der Waals surface area (Å²) in [6.07, 6.45) is 0. The first-order chi connectivity index (χ1) is 14.5. The van der Waals surface area contributed by atoms with Crippen molar-refractivity contribution in [3.8, 4) is 34.5 Å². The molecule has 30 heavy (non-hydrogen) atoms. The van der Waals surface area contributed by atoms with Crippen LogP contribution in [0.3, 0.4) is 0 Å². The Balaban J connectivity index is 1.56. The van der Waals surface area contributed by atoms with Crippen LogP contribution in [-0.2, 0) is 15.6 Å². The SMILES string of the molecule is COc1ccc(-c2noc(-c3ccc(CS(=O)(=O)c4ccccc4)o3)n2)cc1OC. The van der Waals surface area contributed by atoms with E-state index in [4.69, 9.17) is 18.4 Å². The number of sulfone groups is 1. The van der Waals surface area contributed by atoms with Gasteiger partial charge in [0.1, 0.15) is 11.5 Å². The molecular formula is C21H18N2O6S. The van der Waals surface area contributed by atoms with Gasteiger partial charge in [0.2, 0.25) is 5.82 Å². The number of benzene rings is 2. The van der Waals surface area contributed by atoms with Crippen LogP contribution in [0, 0.1) is 0 Å². The van der Waals surface area contributed by atoms with E-state index >= 15 is 0 Å². The maximum absolute atomic E-state index is 12.5. The van der Waals surface area contributed by atoms with Crippen LogP contribution in [0.1, 0.15) is 5.76 Å². The number of furan rings is 1. The summed E-state index contributed by atoms with van der Waals surface area (Å²) >= 11 is 0. The third kappa shape index (κ3) is 3.92. The van der Waals surface area contributed by atoms with E-state index in [0.29, 0.717) is 22.9 Å². The summed E-state index contributed by atoms with van der Waals surface area (Å²) in [6, 6.07) is 16.6. The molecule has 0 saturated heterocycles. The van der Waals surface area contributed by atoms with E-state index in [0.717, 1.165) is 0 Å². The van der Waals surface area contributed by atoms with Gasteiger partial charge in [-0.25, -0.2) is 8.42 Å². The Morgan fingerprint density at radius 3 is 2.43 bits per heavy atom. The zero-order valence-electron chi connectivity index (χ0n) is 16.2. The van der Waals surface area contributed by atoms with Crippen molar-refractivity contribution in [1.29, 1.82) is 0 Å². The molecule has 154 valence electrons. The summed E-state index contributed by atoms with van der Waals surface area (Å²) in [6.45, 7) is 0. The molecule has 8 nitrogen and oxygen atoms in total. The Morgan fingerprint density at radius 2 is 1.70 bits per heavy atom. The second kappa shape index (κ2) is 8.03. The molecule has 2 heterocycles. The van der Waals surface area contributed by atoms with Gasteiger partial charge < -0.3 is 18.4 Å². The van der Waals surface area contributed by atoms with Crippen molar-refractivity contribution in [2.24, 2.45) is 0 Å². The monoisotopic (exact) mass is 426 g/mol. The Bertz CT molecular complexity index is 1260. The molecule has 0 N–H and O–H groups in total. The van der Waals surface area contributed by atoms with Crippen molar-refractivity contribution in [3.05, 3.63) is 66.4 Å². The lowest BCUT2D eigenvalue weighted by molar-refractivity contribution is 0.355. The highest BCUT2D eigenvalue weighted by Crippen LogP contribution is 2.32. The Kier molecular flexibility index (Phi) is 5.28. The fraction of sp³-hybridized carbons (Fsp3) is 0.143. The van der Waals surface area contributed by atoms with Crippen molar-refractivity contribution in [2.45, 2.75) is 10.6 Å². The molecule has 0 fully saturated rings. The molecule has 4 rings (SSSR count). The number of ether oxygens (including phenoxy) is 2. The van der Waals surface area contributed by atoms with Crippen LogP contribution in [0.15, 0.2) is 74.5 Å². The van der Waals surface area contributed by atoms with Crippen molar-refractivity contribution < 1.29 is 26.8 Å². The highest BCUT2D eigenvalue weighted by atomic mass is 32.2. The fourth-order valence-corrected chi connectivity index (χ4v) is 4.15. The van der Waals surface area contributed by atoms with Gasteiger partial charge in [-0.15, -0.1) is 0 Å². The van der Waals surface area contributed by atoms with Crippen LogP contribution in [0.25, 0.3) is 23.0 Å². The molecular weight excluding hydrogens is 408 g/mol. The maximum Gasteiger partial charge on any atom is 0.293 e. The lowest BCUT2D eigenvalue weighted by Gasteiger charge is -2.07. The van der Waals surface area contributed by atoms with Gasteiger partial charge >= 0.3 is 0 Å². The fourth-order valence-electron chi connectivity index (χ4n) is 2.89. The number of nitrogens with zero attached hydrogens (tertiary/aromatic N) is 2. The molecule has 4 aromatic rings. The van der Waals surface area contributed by atoms with E-state index in [1.54, 1.807) is 67.8 Å². The first-order valence-electron chi connectivity index (χ1n) is 8.93. The molecule has 9 heteroatoms. The summed E-state index contributed by atoms with van der Waals surface area (Å²) in [5.41, 5.74) is 0.668. The van der Waals surface area contributed by atoms with E-state index in [1.165, 1.54) is 7.11 Å². The molecule has 0 aliphatic heterocycles. The molecule has 0 unspecified atom stereocenters. The van der Waals surface area contributed by atoms with Gasteiger partial charge in [0.15, 0.2) is 27.1 Å². The van der Waals surface area contributed by atoms with Gasteiger partial charge in [0.05, 0.1) is 19.1 Å². The average Bonchev–Trinajstić information content (AvgIpc) is 3.43. The molecule has 0 saturated carbocycles. The third-order valence-corrected chi connectivity index (χ3v) is 6.03. The molecule has 0 radical (unpaired) electrons. The minimum atomic E-state index is -3.52. The van der Waals surface area contributed by atoms with E-state index in [1.807, 2.05) is 0 Å². The normalized spacial score (nSPS) is 11.4. The van der Waals surface area contributed by atoms with Gasteiger partial charge in [0.25, 0.3) is 5.89 Å².